The van der Waals surface area contributed by atoms with Crippen molar-refractivity contribution in [3.05, 3.63) is 165 Å². The molecule has 6 aromatic rings. The number of carboxylic acids is 3. The fourth-order valence-corrected chi connectivity index (χ4v) is 20.1. The van der Waals surface area contributed by atoms with Crippen molar-refractivity contribution in [2.24, 2.45) is 11.1 Å². The number of carbonyl (C=O) groups excluding carboxylic acids is 17. The third-order valence-electron chi connectivity index (χ3n) is 26.7. The smallest absolute Gasteiger partial charge is 0.409 e. The number of thiophene rings is 2. The minimum atomic E-state index is -2.24. The van der Waals surface area contributed by atoms with Crippen molar-refractivity contribution in [1.29, 1.82) is 0 Å². The van der Waals surface area contributed by atoms with Crippen molar-refractivity contribution >= 4 is 151 Å². The van der Waals surface area contributed by atoms with Crippen LogP contribution in [0.1, 0.15) is 209 Å². The summed E-state index contributed by atoms with van der Waals surface area (Å²) < 4.78 is 20.1. The number of primary amides is 1. The molecule has 5 bridgehead atoms. The number of aromatic nitrogens is 3. The molecular formula is C103H133N19O26S2. The summed E-state index contributed by atoms with van der Waals surface area (Å²) >= 11 is 2.59. The van der Waals surface area contributed by atoms with Crippen molar-refractivity contribution in [2.45, 2.75) is 298 Å². The number of hydrogen-bond acceptors (Lipinski definition) is 27. The van der Waals surface area contributed by atoms with Crippen molar-refractivity contribution < 1.29 is 125 Å². The summed E-state index contributed by atoms with van der Waals surface area (Å²) in [6.07, 6.45) is 1.45. The highest BCUT2D eigenvalue weighted by molar-refractivity contribution is 7.17. The van der Waals surface area contributed by atoms with Gasteiger partial charge in [-0.05, 0) is 204 Å². The largest absolute Gasteiger partial charge is 0.481 e. The molecule has 3 spiro atoms. The van der Waals surface area contributed by atoms with Gasteiger partial charge in [-0.1, -0.05) is 111 Å². The van der Waals surface area contributed by atoms with Gasteiger partial charge in [0.05, 0.1) is 51.0 Å². The minimum absolute atomic E-state index is 0.00353. The predicted octanol–water partition coefficient (Wildman–Crippen LogP) is 3.07. The van der Waals surface area contributed by atoms with Crippen molar-refractivity contribution in [3.8, 4) is 0 Å². The van der Waals surface area contributed by atoms with Crippen LogP contribution >= 0.6 is 22.7 Å². The number of likely N-dealkylation sites (tertiary alicyclic amines) is 1. The maximum atomic E-state index is 16.2. The SMILES string of the molecule is CC(=O)N1CCC[C@]12C/C=C\CCC[C@]1(CCC/C=C/CCCOC(=O)N3CC[C@@]4(C3)NC(=O)[C@H](CCCCn3cc(nn3)COC[C@@H](C(=O)N[C@@H](C)C(N)=O)OC(=O)[C@H](Cc3csc5ccccc35)NC(=O)[C@H](Cc3ccsc3)NC4=O)NC(=O)[C@H](Cc3ccccc3)NC(=O)[C@H](C)NC(=O)C(C)(C)NC(=O)[C@H](Cc3cccc(C(=O)O)c3)NC(=O)[C@H](CC(=O)O)NC1=O)NC(=O)[C@H](CC(C)(C)C)NC(=O)[C@H](CC(=O)O)NC2=O. The first-order valence-corrected chi connectivity index (χ1v) is 51.8. The fraction of sp³-hybridized carbons (Fsp3) is 0.515. The van der Waals surface area contributed by atoms with Gasteiger partial charge < -0.3 is 114 Å². The van der Waals surface area contributed by atoms with E-state index >= 15 is 43.2 Å². The molecule has 8 heterocycles. The van der Waals surface area contributed by atoms with E-state index in [2.05, 4.69) is 79.4 Å². The summed E-state index contributed by atoms with van der Waals surface area (Å²) in [6, 6.07) is 5.31. The summed E-state index contributed by atoms with van der Waals surface area (Å²) in [6.45, 7) is 9.41. The summed E-state index contributed by atoms with van der Waals surface area (Å²) in [7, 11) is 0. The van der Waals surface area contributed by atoms with Crippen LogP contribution in [0.5, 0.6) is 0 Å². The number of nitrogens with zero attached hydrogens (tertiary/aromatic N) is 5. The topological polar surface area (TPSA) is 649 Å². The molecule has 11 rings (SSSR count). The van der Waals surface area contributed by atoms with E-state index in [-0.39, 0.29) is 165 Å². The third-order valence-corrected chi connectivity index (χ3v) is 28.4. The number of rotatable bonds is 17. The molecule has 0 saturated carbocycles. The Labute approximate surface area is 873 Å². The van der Waals surface area contributed by atoms with Crippen LogP contribution in [0.3, 0.4) is 0 Å². The number of fused-ring (bicyclic) bond motifs is 6. The van der Waals surface area contributed by atoms with Crippen molar-refractivity contribution in [2.75, 3.05) is 32.8 Å². The number of benzene rings is 3. The number of hydrogen-bond donors (Lipinski definition) is 17. The first-order chi connectivity index (χ1) is 71.2. The number of nitrogens with one attached hydrogen (secondary N) is 13. The van der Waals surface area contributed by atoms with Crippen LogP contribution in [0.25, 0.3) is 10.1 Å². The lowest BCUT2D eigenvalue weighted by Crippen LogP contribution is -2.66. The molecule has 18 N–H and O–H groups in total. The quantitative estimate of drug-likeness (QED) is 0.0461. The van der Waals surface area contributed by atoms with Crippen molar-refractivity contribution in [1.82, 2.24) is 93.9 Å². The average Bonchev–Trinajstić information content (AvgIpc) is 1.63. The van der Waals surface area contributed by atoms with Gasteiger partial charge in [-0.15, -0.1) is 16.4 Å². The van der Waals surface area contributed by atoms with Gasteiger partial charge in [0, 0.05) is 56.9 Å². The first kappa shape index (κ1) is 115. The average molecular weight is 2120 g/mol. The molecule has 808 valence electrons. The lowest BCUT2D eigenvalue weighted by molar-refractivity contribution is -0.163. The van der Waals surface area contributed by atoms with Crippen molar-refractivity contribution in [3.63, 3.8) is 0 Å². The van der Waals surface area contributed by atoms with Gasteiger partial charge in [0.2, 0.25) is 88.8 Å². The summed E-state index contributed by atoms with van der Waals surface area (Å²) in [5.74, 6) is -21.0. The molecule has 3 aromatic carbocycles. The van der Waals surface area contributed by atoms with E-state index in [4.69, 9.17) is 19.9 Å². The number of aromatic carboxylic acids is 1. The Morgan fingerprint density at radius 1 is 0.567 bits per heavy atom. The van der Waals surface area contributed by atoms with Crippen LogP contribution < -0.4 is 74.9 Å². The number of amides is 16. The highest BCUT2D eigenvalue weighted by Crippen LogP contribution is 2.36. The Morgan fingerprint density at radius 3 is 1.83 bits per heavy atom. The predicted molar refractivity (Wildman–Crippen MR) is 543 cm³/mol. The maximum Gasteiger partial charge on any atom is 0.409 e. The van der Waals surface area contributed by atoms with Gasteiger partial charge in [-0.25, -0.2) is 14.4 Å². The number of aliphatic carboxylic acids is 2. The maximum absolute atomic E-state index is 16.2. The Balaban J connectivity index is 0.980. The molecule has 2 saturated heterocycles. The molecule has 45 nitrogen and oxygen atoms in total. The highest BCUT2D eigenvalue weighted by Gasteiger charge is 2.53. The number of ether oxygens (including phenoxy) is 3. The van der Waals surface area contributed by atoms with E-state index in [1.165, 1.54) is 97.3 Å². The zero-order chi connectivity index (χ0) is 109. The van der Waals surface area contributed by atoms with Crippen LogP contribution in [0.4, 0.5) is 4.79 Å². The van der Waals surface area contributed by atoms with Gasteiger partial charge in [-0.3, -0.25) is 86.2 Å². The molecule has 0 aliphatic carbocycles. The lowest BCUT2D eigenvalue weighted by Gasteiger charge is -2.38. The third kappa shape index (κ3) is 32.3. The molecule has 5 aliphatic heterocycles. The number of carboxylic acid groups (broad SMARTS) is 3. The molecular weight excluding hydrogens is 1980 g/mol. The molecule has 47 heteroatoms. The highest BCUT2D eigenvalue weighted by atomic mass is 32.1. The molecule has 0 unspecified atom stereocenters. The number of cyclic esters (lactones) is 2. The molecule has 16 amide bonds. The lowest BCUT2D eigenvalue weighted by atomic mass is 9.83. The minimum Gasteiger partial charge on any atom is -0.481 e. The molecule has 3 aromatic heterocycles. The molecule has 14 atom stereocenters. The normalized spacial score (nSPS) is 26.3. The van der Waals surface area contributed by atoms with Gasteiger partial charge in [-0.2, -0.15) is 11.3 Å². The monoisotopic (exact) mass is 2120 g/mol. The summed E-state index contributed by atoms with van der Waals surface area (Å²) in [5.41, 5.74) is -1.94. The molecule has 5 aliphatic rings. The Kier molecular flexibility index (Phi) is 40.6. The second-order valence-corrected chi connectivity index (χ2v) is 41.9. The molecule has 2 fully saturated rings. The molecule has 150 heavy (non-hydrogen) atoms. The van der Waals surface area contributed by atoms with Crippen LogP contribution in [0.15, 0.2) is 132 Å². The van der Waals surface area contributed by atoms with E-state index in [0.717, 1.165) is 9.60 Å². The van der Waals surface area contributed by atoms with Crippen LogP contribution in [-0.4, -0.2) is 280 Å². The van der Waals surface area contributed by atoms with E-state index in [0.29, 0.717) is 28.5 Å². The Hall–Kier alpha value is -14.9. The van der Waals surface area contributed by atoms with Gasteiger partial charge in [0.25, 0.3) is 5.91 Å². The van der Waals surface area contributed by atoms with E-state index in [1.54, 1.807) is 110 Å². The fourth-order valence-electron chi connectivity index (χ4n) is 18.5. The van der Waals surface area contributed by atoms with Gasteiger partial charge >= 0.3 is 30.0 Å². The summed E-state index contributed by atoms with van der Waals surface area (Å²) in [4.78, 5) is 296. The van der Waals surface area contributed by atoms with Gasteiger partial charge in [0.1, 0.15) is 88.3 Å². The van der Waals surface area contributed by atoms with Crippen LogP contribution in [0, 0.1) is 5.41 Å². The van der Waals surface area contributed by atoms with E-state index < -0.39 is 245 Å². The Bertz CT molecular complexity index is 6000. The first-order valence-electron chi connectivity index (χ1n) is 50.0. The zero-order valence-electron chi connectivity index (χ0n) is 84.9. The van der Waals surface area contributed by atoms with E-state index in [9.17, 15) is 68.1 Å². The van der Waals surface area contributed by atoms with Crippen LogP contribution in [0.2, 0.25) is 0 Å². The second kappa shape index (κ2) is 52.8. The number of allylic oxidation sites excluding steroid dienone is 3. The number of esters is 1. The number of nitrogens with two attached hydrogens (primary N) is 1. The second-order valence-electron chi connectivity index (χ2n) is 40.2. The van der Waals surface area contributed by atoms with Crippen LogP contribution in [-0.2, 0) is 139 Å². The molecule has 0 radical (unpaired) electrons. The van der Waals surface area contributed by atoms with E-state index in [1.807, 2.05) is 12.1 Å². The number of carbonyl (C=O) groups is 20. The standard InChI is InChI=1S/C103H133N19O26S2/c1-60(82(104)128)105-91(137)78-56-146-55-68-54-121(119-118-68)41-24-20-33-70-88(134)117-102(96(143)112-72(49-65-35-45-149-57-65)85(131)110-76(93(140)148-78)50-67-58-150-79-34-19-18-32-69(67)79)40-43-120(59-102)98(145)147-44-25-14-10-9-11-21-36-101(37-22-12-13-23-38-103(39-27-42-122(103)62(3)123)97(144)114-75(52-81(126)127)87(133)111-77(90(136)116-101)53-99(4,5)6)95(142)113-74(51-80(124)125)86(132)109-73(48-64-30-26-31-66(46-64)92(138)139)89(135)115-100(7,8)94(141)106-61(2)83(129)108-71(84(130)107-70)47-63-28-16-15-17-29-63/h9-10,13,15-19,23,26,28-32,34-35,45-46,54,57-58,60-61,70-78H,11-12,14,20-22,24-25,27,33,36-44,47-53,55-56,59H2,1-8H3,(H2,104,128)(H,105,137)(H,106,141)(H,107,130)(H,108,129)(H,109,132)(H,110,131)(H,111,133)(H,112,143)(H,113,142)(H,114,144)(H,115,135)(H,116,136)(H,117,134)(H,124,125)(H,126,127)(H,138,139)/b10-9+,23-13-/t60-,61-,70-,71-,72-,73-,74-,75-,76-,77-,78-,101-,102-,103-/m0/s1. The number of aryl methyl sites for hydroxylation is 1. The summed E-state index contributed by atoms with van der Waals surface area (Å²) in [5, 5.41) is 80.2. The zero-order valence-corrected chi connectivity index (χ0v) is 86.6. The Morgan fingerprint density at radius 2 is 1.16 bits per heavy atom. The van der Waals surface area contributed by atoms with Gasteiger partial charge in [0.15, 0.2) is 0 Å².